The van der Waals surface area contributed by atoms with E-state index < -0.39 is 0 Å². The van der Waals surface area contributed by atoms with Gasteiger partial charge in [-0.3, -0.25) is 4.98 Å². The highest BCUT2D eigenvalue weighted by molar-refractivity contribution is 7.08. The maximum atomic E-state index is 4.59. The van der Waals surface area contributed by atoms with E-state index in [1.165, 1.54) is 5.56 Å². The van der Waals surface area contributed by atoms with Crippen LogP contribution in [-0.2, 0) is 0 Å². The van der Waals surface area contributed by atoms with E-state index in [-0.39, 0.29) is 6.04 Å². The minimum absolute atomic E-state index is 0.219. The molecule has 0 aliphatic rings. The number of hydrogen-bond donors (Lipinski definition) is 1. The largest absolute Gasteiger partial charge is 0.305 e. The van der Waals surface area contributed by atoms with Crippen LogP contribution in [0.15, 0.2) is 35.0 Å². The molecule has 0 aromatic carbocycles. The first kappa shape index (κ1) is 11.3. The van der Waals surface area contributed by atoms with E-state index in [1.54, 1.807) is 11.3 Å². The van der Waals surface area contributed by atoms with E-state index >= 15 is 0 Å². The second-order valence-electron chi connectivity index (χ2n) is 3.75. The predicted molar refractivity (Wildman–Crippen MR) is 68.8 cm³/mol. The van der Waals surface area contributed by atoms with Gasteiger partial charge in [0.25, 0.3) is 0 Å². The van der Waals surface area contributed by atoms with Gasteiger partial charge >= 0.3 is 0 Å². The van der Waals surface area contributed by atoms with Gasteiger partial charge in [-0.25, -0.2) is 0 Å². The third-order valence-corrected chi connectivity index (χ3v) is 3.19. The van der Waals surface area contributed by atoms with Gasteiger partial charge in [-0.2, -0.15) is 11.3 Å². The second-order valence-corrected chi connectivity index (χ2v) is 4.53. The molecule has 2 heterocycles. The van der Waals surface area contributed by atoms with Crippen LogP contribution in [0, 0.1) is 6.92 Å². The van der Waals surface area contributed by atoms with E-state index in [2.05, 4.69) is 46.2 Å². The van der Waals surface area contributed by atoms with Gasteiger partial charge in [0.2, 0.25) is 0 Å². The van der Waals surface area contributed by atoms with Crippen molar-refractivity contribution < 1.29 is 0 Å². The van der Waals surface area contributed by atoms with Crippen molar-refractivity contribution in [3.63, 3.8) is 0 Å². The normalized spacial score (nSPS) is 12.6. The molecule has 0 saturated heterocycles. The number of nitrogens with one attached hydrogen (secondary N) is 1. The Hall–Kier alpha value is -1.19. The lowest BCUT2D eigenvalue weighted by Crippen LogP contribution is -2.22. The summed E-state index contributed by atoms with van der Waals surface area (Å²) in [5.74, 6) is 0. The molecule has 0 spiro atoms. The van der Waals surface area contributed by atoms with E-state index in [4.69, 9.17) is 0 Å². The molecule has 1 atom stereocenters. The summed E-state index contributed by atoms with van der Waals surface area (Å²) in [5.41, 5.74) is 3.46. The highest BCUT2D eigenvalue weighted by Gasteiger charge is 2.14. The van der Waals surface area contributed by atoms with Gasteiger partial charge in [0.1, 0.15) is 0 Å². The van der Waals surface area contributed by atoms with Gasteiger partial charge < -0.3 is 5.32 Å². The van der Waals surface area contributed by atoms with Crippen LogP contribution < -0.4 is 5.32 Å². The molecule has 0 aliphatic carbocycles. The first-order chi connectivity index (χ1) is 7.81. The lowest BCUT2D eigenvalue weighted by Gasteiger charge is -2.16. The molecule has 0 aliphatic heterocycles. The van der Waals surface area contributed by atoms with Gasteiger partial charge in [0, 0.05) is 5.69 Å². The van der Waals surface area contributed by atoms with Gasteiger partial charge in [-0.15, -0.1) is 0 Å². The van der Waals surface area contributed by atoms with Crippen molar-refractivity contribution in [1.29, 1.82) is 0 Å². The number of nitrogens with zero attached hydrogens (tertiary/aromatic N) is 1. The minimum Gasteiger partial charge on any atom is -0.305 e. The Morgan fingerprint density at radius 1 is 1.38 bits per heavy atom. The zero-order chi connectivity index (χ0) is 11.4. The van der Waals surface area contributed by atoms with E-state index in [0.717, 1.165) is 17.9 Å². The summed E-state index contributed by atoms with van der Waals surface area (Å²) in [5, 5.41) is 7.76. The molecule has 1 unspecified atom stereocenters. The zero-order valence-corrected chi connectivity index (χ0v) is 10.4. The second kappa shape index (κ2) is 5.23. The third kappa shape index (κ3) is 2.49. The maximum absolute atomic E-state index is 4.59. The smallest absolute Gasteiger partial charge is 0.0759 e. The average molecular weight is 232 g/mol. The van der Waals surface area contributed by atoms with Crippen molar-refractivity contribution >= 4 is 11.3 Å². The van der Waals surface area contributed by atoms with Crippen LogP contribution in [0.5, 0.6) is 0 Å². The molecule has 0 saturated carbocycles. The summed E-state index contributed by atoms with van der Waals surface area (Å²) >= 11 is 1.72. The van der Waals surface area contributed by atoms with Gasteiger partial charge in [-0.05, 0) is 48.0 Å². The first-order valence-corrected chi connectivity index (χ1v) is 6.44. The molecule has 2 rings (SSSR count). The Balaban J connectivity index is 2.33. The summed E-state index contributed by atoms with van der Waals surface area (Å²) < 4.78 is 0. The Bertz CT molecular complexity index is 437. The lowest BCUT2D eigenvalue weighted by molar-refractivity contribution is 0.616. The topological polar surface area (TPSA) is 24.9 Å². The third-order valence-electron chi connectivity index (χ3n) is 2.49. The standard InChI is InChI=1S/C13H16N2S/c1-3-14-13(11-7-8-16-9-11)12-6-4-5-10(2)15-12/h4-9,13-14H,3H2,1-2H3. The van der Waals surface area contributed by atoms with Crippen molar-refractivity contribution in [2.75, 3.05) is 6.54 Å². The van der Waals surface area contributed by atoms with Crippen molar-refractivity contribution in [2.24, 2.45) is 0 Å². The lowest BCUT2D eigenvalue weighted by atomic mass is 10.1. The molecule has 2 nitrogen and oxygen atoms in total. The fourth-order valence-corrected chi connectivity index (χ4v) is 2.45. The summed E-state index contributed by atoms with van der Waals surface area (Å²) in [6.45, 7) is 5.09. The van der Waals surface area contributed by atoms with E-state index in [1.807, 2.05) is 13.0 Å². The van der Waals surface area contributed by atoms with Crippen LogP contribution in [0.25, 0.3) is 0 Å². The molecule has 1 N–H and O–H groups in total. The molecule has 0 bridgehead atoms. The van der Waals surface area contributed by atoms with Crippen molar-refractivity contribution in [3.8, 4) is 0 Å². The molecule has 84 valence electrons. The molecular formula is C13H16N2S. The Labute approximate surface area is 100 Å². The van der Waals surface area contributed by atoms with Crippen molar-refractivity contribution in [3.05, 3.63) is 52.0 Å². The molecule has 2 aromatic heterocycles. The molecule has 3 heteroatoms. The van der Waals surface area contributed by atoms with Gasteiger partial charge in [0.05, 0.1) is 11.7 Å². The number of thiophene rings is 1. The van der Waals surface area contributed by atoms with Gasteiger partial charge in [0.15, 0.2) is 0 Å². The summed E-state index contributed by atoms with van der Waals surface area (Å²) in [6.07, 6.45) is 0. The summed E-state index contributed by atoms with van der Waals surface area (Å²) in [4.78, 5) is 4.59. The number of aromatic nitrogens is 1. The van der Waals surface area contributed by atoms with E-state index in [9.17, 15) is 0 Å². The van der Waals surface area contributed by atoms with Crippen LogP contribution in [-0.4, -0.2) is 11.5 Å². The maximum Gasteiger partial charge on any atom is 0.0759 e. The number of rotatable bonds is 4. The predicted octanol–water partition coefficient (Wildman–Crippen LogP) is 3.15. The minimum atomic E-state index is 0.219. The molecular weight excluding hydrogens is 216 g/mol. The number of pyridine rings is 1. The average Bonchev–Trinajstić information content (AvgIpc) is 2.79. The highest BCUT2D eigenvalue weighted by Crippen LogP contribution is 2.22. The Kier molecular flexibility index (Phi) is 3.70. The Morgan fingerprint density at radius 3 is 2.88 bits per heavy atom. The van der Waals surface area contributed by atoms with Crippen LogP contribution in [0.1, 0.15) is 29.9 Å². The Morgan fingerprint density at radius 2 is 2.25 bits per heavy atom. The zero-order valence-electron chi connectivity index (χ0n) is 9.60. The van der Waals surface area contributed by atoms with E-state index in [0.29, 0.717) is 0 Å². The molecule has 0 amide bonds. The highest BCUT2D eigenvalue weighted by atomic mass is 32.1. The quantitative estimate of drug-likeness (QED) is 0.876. The first-order valence-electron chi connectivity index (χ1n) is 5.50. The van der Waals surface area contributed by atoms with Gasteiger partial charge in [-0.1, -0.05) is 13.0 Å². The fraction of sp³-hybridized carbons (Fsp3) is 0.308. The summed E-state index contributed by atoms with van der Waals surface area (Å²) in [6, 6.07) is 8.55. The van der Waals surface area contributed by atoms with Crippen LogP contribution in [0.3, 0.4) is 0 Å². The van der Waals surface area contributed by atoms with Crippen LogP contribution >= 0.6 is 11.3 Å². The van der Waals surface area contributed by atoms with Crippen LogP contribution in [0.4, 0.5) is 0 Å². The van der Waals surface area contributed by atoms with Crippen LogP contribution in [0.2, 0.25) is 0 Å². The molecule has 2 aromatic rings. The monoisotopic (exact) mass is 232 g/mol. The SMILES string of the molecule is CCNC(c1ccsc1)c1cccc(C)n1. The molecule has 16 heavy (non-hydrogen) atoms. The molecule has 0 radical (unpaired) electrons. The molecule has 0 fully saturated rings. The fourth-order valence-electron chi connectivity index (χ4n) is 1.76. The van der Waals surface area contributed by atoms with Crippen molar-refractivity contribution in [2.45, 2.75) is 19.9 Å². The summed E-state index contributed by atoms with van der Waals surface area (Å²) in [7, 11) is 0. The number of hydrogen-bond acceptors (Lipinski definition) is 3. The van der Waals surface area contributed by atoms with Crippen molar-refractivity contribution in [1.82, 2.24) is 10.3 Å². The number of aryl methyl sites for hydroxylation is 1.